The van der Waals surface area contributed by atoms with E-state index in [0.717, 1.165) is 0 Å². The lowest BCUT2D eigenvalue weighted by Gasteiger charge is -2.20. The van der Waals surface area contributed by atoms with Crippen molar-refractivity contribution in [2.75, 3.05) is 39.5 Å². The number of likely N-dealkylation sites (tertiary alicyclic amines) is 1. The van der Waals surface area contributed by atoms with Crippen LogP contribution in [0.3, 0.4) is 0 Å². The Morgan fingerprint density at radius 2 is 1.94 bits per heavy atom. The molecule has 2 fully saturated rings. The van der Waals surface area contributed by atoms with Crippen LogP contribution in [0.25, 0.3) is 0 Å². The van der Waals surface area contributed by atoms with Crippen molar-refractivity contribution in [3.05, 3.63) is 30.1 Å². The van der Waals surface area contributed by atoms with Gasteiger partial charge in [0.05, 0.1) is 12.7 Å². The molecule has 172 valence electrons. The van der Waals surface area contributed by atoms with E-state index < -0.39 is 12.1 Å². The van der Waals surface area contributed by atoms with E-state index in [1.165, 1.54) is 0 Å². The molecule has 0 saturated carbocycles. The van der Waals surface area contributed by atoms with Gasteiger partial charge in [0.1, 0.15) is 6.61 Å². The largest absolute Gasteiger partial charge is 0.490 e. The number of hydrogen-bond acceptors (Lipinski definition) is 6. The second-order valence-electron chi connectivity index (χ2n) is 6.98. The highest BCUT2D eigenvalue weighted by molar-refractivity contribution is 5.93. The molecule has 2 N–H and O–H groups in total. The number of halogens is 3. The Morgan fingerprint density at radius 3 is 2.52 bits per heavy atom. The topological polar surface area (TPSA) is 118 Å². The predicted molar refractivity (Wildman–Crippen MR) is 100 cm³/mol. The van der Waals surface area contributed by atoms with Gasteiger partial charge in [-0.25, -0.2) is 4.79 Å². The molecule has 1 aromatic rings. The van der Waals surface area contributed by atoms with Gasteiger partial charge in [-0.1, -0.05) is 0 Å². The summed E-state index contributed by atoms with van der Waals surface area (Å²) in [4.78, 5) is 38.8. The zero-order chi connectivity index (χ0) is 23.0. The number of rotatable bonds is 6. The molecule has 3 rings (SSSR count). The first kappa shape index (κ1) is 24.5. The Morgan fingerprint density at radius 1 is 1.29 bits per heavy atom. The van der Waals surface area contributed by atoms with Crippen LogP contribution in [0.2, 0.25) is 0 Å². The molecule has 2 aliphatic rings. The van der Waals surface area contributed by atoms with Crippen molar-refractivity contribution in [1.82, 2.24) is 15.2 Å². The molecule has 0 radical (unpaired) electrons. The third-order valence-electron chi connectivity index (χ3n) is 4.93. The van der Waals surface area contributed by atoms with Crippen molar-refractivity contribution < 1.29 is 42.1 Å². The molecule has 9 nitrogen and oxygen atoms in total. The lowest BCUT2D eigenvalue weighted by molar-refractivity contribution is -0.192. The first-order valence-electron chi connectivity index (χ1n) is 9.59. The lowest BCUT2D eigenvalue weighted by atomic mass is 9.93. The number of carboxylic acids is 1. The van der Waals surface area contributed by atoms with Crippen molar-refractivity contribution in [2.24, 2.45) is 11.8 Å². The fourth-order valence-electron chi connectivity index (χ4n) is 3.32. The van der Waals surface area contributed by atoms with E-state index in [-0.39, 0.29) is 36.4 Å². The number of alkyl halides is 3. The summed E-state index contributed by atoms with van der Waals surface area (Å²) in [5.74, 6) is -2.36. The van der Waals surface area contributed by atoms with E-state index in [0.29, 0.717) is 38.4 Å². The Kier molecular flexibility index (Phi) is 8.75. The number of hydrogen-bond donors (Lipinski definition) is 2. The number of aliphatic carboxylic acids is 1. The van der Waals surface area contributed by atoms with Gasteiger partial charge < -0.3 is 24.8 Å². The molecule has 2 aliphatic heterocycles. The van der Waals surface area contributed by atoms with E-state index in [4.69, 9.17) is 19.4 Å². The Labute approximate surface area is 176 Å². The number of fused-ring (bicyclic) bond motifs is 1. The van der Waals surface area contributed by atoms with Gasteiger partial charge in [-0.05, 0) is 19.1 Å². The minimum atomic E-state index is -5.08. The highest BCUT2D eigenvalue weighted by atomic mass is 19.4. The summed E-state index contributed by atoms with van der Waals surface area (Å²) >= 11 is 0. The van der Waals surface area contributed by atoms with Gasteiger partial charge in [0.2, 0.25) is 5.91 Å². The summed E-state index contributed by atoms with van der Waals surface area (Å²) in [6.07, 6.45) is -1.82. The quantitative estimate of drug-likeness (QED) is 0.667. The molecule has 31 heavy (non-hydrogen) atoms. The number of pyridine rings is 1. The zero-order valence-electron chi connectivity index (χ0n) is 16.8. The van der Waals surface area contributed by atoms with Crippen LogP contribution in [0.1, 0.15) is 17.3 Å². The normalized spacial score (nSPS) is 22.3. The predicted octanol–water partition coefficient (Wildman–Crippen LogP) is 0.955. The SMILES string of the molecule is CCOCC(=O)N1C[C@@H]2[C@@H](CNC(=O)c3ccncc3)CO[C@@H]2C1.O=C(O)C(F)(F)F. The summed E-state index contributed by atoms with van der Waals surface area (Å²) < 4.78 is 42.7. The van der Waals surface area contributed by atoms with E-state index in [2.05, 4.69) is 10.3 Å². The van der Waals surface area contributed by atoms with E-state index in [9.17, 15) is 22.8 Å². The summed E-state index contributed by atoms with van der Waals surface area (Å²) in [5, 5.41) is 10.1. The first-order chi connectivity index (χ1) is 14.6. The van der Waals surface area contributed by atoms with Gasteiger partial charge >= 0.3 is 12.1 Å². The number of amides is 2. The van der Waals surface area contributed by atoms with Gasteiger partial charge in [0.25, 0.3) is 5.91 Å². The number of ether oxygens (including phenoxy) is 2. The molecule has 2 saturated heterocycles. The number of carbonyl (C=O) groups is 3. The maximum Gasteiger partial charge on any atom is 0.490 e. The van der Waals surface area contributed by atoms with Crippen molar-refractivity contribution in [3.63, 3.8) is 0 Å². The van der Waals surface area contributed by atoms with Crippen LogP contribution in [0.4, 0.5) is 13.2 Å². The van der Waals surface area contributed by atoms with Crippen molar-refractivity contribution in [2.45, 2.75) is 19.2 Å². The third kappa shape index (κ3) is 7.17. The highest BCUT2D eigenvalue weighted by Crippen LogP contribution is 2.33. The minimum absolute atomic E-state index is 0.00872. The van der Waals surface area contributed by atoms with E-state index in [1.807, 2.05) is 11.8 Å². The molecule has 3 atom stereocenters. The fraction of sp³-hybridized carbons (Fsp3) is 0.579. The van der Waals surface area contributed by atoms with Crippen LogP contribution in [0.15, 0.2) is 24.5 Å². The maximum absolute atomic E-state index is 12.1. The molecule has 0 aromatic carbocycles. The molecule has 3 heterocycles. The van der Waals surface area contributed by atoms with Crippen LogP contribution < -0.4 is 5.32 Å². The summed E-state index contributed by atoms with van der Waals surface area (Å²) in [6, 6.07) is 3.37. The van der Waals surface area contributed by atoms with Gasteiger partial charge in [-0.15, -0.1) is 0 Å². The lowest BCUT2D eigenvalue weighted by Crippen LogP contribution is -2.36. The van der Waals surface area contributed by atoms with Gasteiger partial charge in [-0.2, -0.15) is 13.2 Å². The number of aromatic nitrogens is 1. The minimum Gasteiger partial charge on any atom is -0.475 e. The number of carbonyl (C=O) groups excluding carboxylic acids is 2. The molecule has 0 spiro atoms. The summed E-state index contributed by atoms with van der Waals surface area (Å²) in [7, 11) is 0. The van der Waals surface area contributed by atoms with Gasteiger partial charge in [0.15, 0.2) is 0 Å². The average molecular weight is 447 g/mol. The summed E-state index contributed by atoms with van der Waals surface area (Å²) in [5.41, 5.74) is 0.598. The first-order valence-corrected chi connectivity index (χ1v) is 9.59. The van der Waals surface area contributed by atoms with E-state index in [1.54, 1.807) is 24.5 Å². The molecule has 0 bridgehead atoms. The maximum atomic E-state index is 12.1. The van der Waals surface area contributed by atoms with Crippen LogP contribution >= 0.6 is 0 Å². The summed E-state index contributed by atoms with van der Waals surface area (Å²) in [6.45, 7) is 5.00. The average Bonchev–Trinajstić information content (AvgIpc) is 3.32. The number of nitrogens with one attached hydrogen (secondary N) is 1. The second-order valence-corrected chi connectivity index (χ2v) is 6.98. The molecule has 0 aliphatic carbocycles. The highest BCUT2D eigenvalue weighted by Gasteiger charge is 2.45. The molecule has 0 unspecified atom stereocenters. The molecule has 12 heteroatoms. The molecule has 1 aromatic heterocycles. The van der Waals surface area contributed by atoms with Crippen LogP contribution in [-0.4, -0.2) is 84.5 Å². The van der Waals surface area contributed by atoms with Crippen LogP contribution in [0.5, 0.6) is 0 Å². The monoisotopic (exact) mass is 447 g/mol. The fourth-order valence-corrected chi connectivity index (χ4v) is 3.32. The molecular formula is C19H24F3N3O6. The second kappa shape index (κ2) is 11.0. The Balaban J connectivity index is 0.000000423. The third-order valence-corrected chi connectivity index (χ3v) is 4.93. The van der Waals surface area contributed by atoms with Gasteiger partial charge in [-0.3, -0.25) is 14.6 Å². The Bertz CT molecular complexity index is 762. The van der Waals surface area contributed by atoms with Crippen molar-refractivity contribution in [3.8, 4) is 0 Å². The number of nitrogens with zero attached hydrogens (tertiary/aromatic N) is 2. The van der Waals surface area contributed by atoms with Crippen molar-refractivity contribution in [1.29, 1.82) is 0 Å². The number of carboxylic acid groups (broad SMARTS) is 1. The van der Waals surface area contributed by atoms with Gasteiger partial charge in [0, 0.05) is 56.0 Å². The van der Waals surface area contributed by atoms with Crippen LogP contribution in [0, 0.1) is 11.8 Å². The standard InChI is InChI=1S/C17H23N3O4.C2HF3O2/c1-2-23-11-16(21)20-8-14-13(10-24-15(14)9-20)7-19-17(22)12-3-5-18-6-4-12;3-2(4,5)1(6)7/h3-6,13-15H,2,7-11H2,1H3,(H,19,22);(H,6,7)/t13-,14+,15+;/m0./s1. The van der Waals surface area contributed by atoms with Crippen LogP contribution in [-0.2, 0) is 19.1 Å². The van der Waals surface area contributed by atoms with E-state index >= 15 is 0 Å². The van der Waals surface area contributed by atoms with Crippen molar-refractivity contribution >= 4 is 17.8 Å². The smallest absolute Gasteiger partial charge is 0.475 e. The Hall–Kier alpha value is -2.73. The zero-order valence-corrected chi connectivity index (χ0v) is 16.8. The molecular weight excluding hydrogens is 423 g/mol. The molecule has 2 amide bonds.